The number of hydrogen-bond acceptors (Lipinski definition) is 3. The summed E-state index contributed by atoms with van der Waals surface area (Å²) in [4.78, 5) is 0. The first-order valence-corrected chi connectivity index (χ1v) is 4.30. The summed E-state index contributed by atoms with van der Waals surface area (Å²) in [5.41, 5.74) is -0.943. The summed E-state index contributed by atoms with van der Waals surface area (Å²) in [5.74, 6) is 0.0957. The smallest absolute Gasteiger partial charge is 0.139 e. The van der Waals surface area contributed by atoms with E-state index in [-0.39, 0.29) is 18.8 Å². The summed E-state index contributed by atoms with van der Waals surface area (Å²) in [6.45, 7) is 0.272. The molecular weight excluding hydrogens is 187 g/mol. The number of halogens is 1. The maximum Gasteiger partial charge on any atom is 0.139 e. The van der Waals surface area contributed by atoms with E-state index >= 15 is 0 Å². The van der Waals surface area contributed by atoms with Gasteiger partial charge in [0.2, 0.25) is 0 Å². The van der Waals surface area contributed by atoms with Gasteiger partial charge >= 0.3 is 0 Å². The molecule has 0 aliphatic carbocycles. The van der Waals surface area contributed by atoms with Crippen LogP contribution in [0, 0.1) is 5.82 Å². The molecule has 76 valence electrons. The van der Waals surface area contributed by atoms with Gasteiger partial charge in [0, 0.05) is 5.56 Å². The molecule has 1 fully saturated rings. The third-order valence-corrected chi connectivity index (χ3v) is 2.36. The third kappa shape index (κ3) is 1.36. The van der Waals surface area contributed by atoms with E-state index in [0.717, 1.165) is 0 Å². The van der Waals surface area contributed by atoms with Crippen LogP contribution in [0.4, 0.5) is 4.39 Å². The summed E-state index contributed by atoms with van der Waals surface area (Å²) in [6, 6.07) is 4.30. The van der Waals surface area contributed by atoms with Crippen molar-refractivity contribution in [2.45, 2.75) is 5.60 Å². The Morgan fingerprint density at radius 3 is 2.71 bits per heavy atom. The first kappa shape index (κ1) is 9.43. The van der Waals surface area contributed by atoms with Gasteiger partial charge in [-0.25, -0.2) is 4.39 Å². The van der Waals surface area contributed by atoms with Gasteiger partial charge in [0.1, 0.15) is 17.2 Å². The Bertz CT molecular complexity index is 347. The van der Waals surface area contributed by atoms with Gasteiger partial charge in [0.15, 0.2) is 0 Å². The average Bonchev–Trinajstić information content (AvgIpc) is 2.15. The number of benzene rings is 1. The second-order valence-electron chi connectivity index (χ2n) is 3.37. The minimum absolute atomic E-state index is 0.136. The molecule has 0 atom stereocenters. The van der Waals surface area contributed by atoms with Gasteiger partial charge in [0.25, 0.3) is 0 Å². The number of methoxy groups -OCH3 is 1. The molecule has 0 aromatic heterocycles. The fraction of sp³-hybridized carbons (Fsp3) is 0.400. The molecule has 3 nitrogen and oxygen atoms in total. The highest BCUT2D eigenvalue weighted by Crippen LogP contribution is 2.33. The molecule has 1 aromatic carbocycles. The van der Waals surface area contributed by atoms with Crippen molar-refractivity contribution in [2.75, 3.05) is 20.3 Å². The van der Waals surface area contributed by atoms with Crippen LogP contribution in [0.15, 0.2) is 18.2 Å². The molecule has 4 heteroatoms. The Kier molecular flexibility index (Phi) is 2.17. The number of ether oxygens (including phenoxy) is 2. The lowest BCUT2D eigenvalue weighted by Crippen LogP contribution is -2.47. The SMILES string of the molecule is COc1ccc(F)c(C2(O)COC2)c1. The lowest BCUT2D eigenvalue weighted by Gasteiger charge is -2.36. The van der Waals surface area contributed by atoms with E-state index in [2.05, 4.69) is 0 Å². The van der Waals surface area contributed by atoms with Crippen LogP contribution in [0.1, 0.15) is 5.56 Å². The van der Waals surface area contributed by atoms with Crippen LogP contribution in [0.2, 0.25) is 0 Å². The van der Waals surface area contributed by atoms with Gasteiger partial charge in [-0.3, -0.25) is 0 Å². The van der Waals surface area contributed by atoms with Gasteiger partial charge in [-0.05, 0) is 18.2 Å². The minimum atomic E-state index is -1.18. The van der Waals surface area contributed by atoms with Crippen molar-refractivity contribution < 1.29 is 19.0 Å². The van der Waals surface area contributed by atoms with Gasteiger partial charge in [-0.2, -0.15) is 0 Å². The van der Waals surface area contributed by atoms with E-state index in [1.54, 1.807) is 0 Å². The highest BCUT2D eigenvalue weighted by molar-refractivity contribution is 5.34. The summed E-state index contributed by atoms with van der Waals surface area (Å²) in [5, 5.41) is 9.86. The molecule has 1 saturated heterocycles. The van der Waals surface area contributed by atoms with Gasteiger partial charge in [0.05, 0.1) is 20.3 Å². The van der Waals surface area contributed by atoms with Crippen molar-refractivity contribution in [3.8, 4) is 5.75 Å². The predicted molar refractivity (Wildman–Crippen MR) is 47.7 cm³/mol. The van der Waals surface area contributed by atoms with Crippen molar-refractivity contribution in [3.63, 3.8) is 0 Å². The zero-order valence-electron chi connectivity index (χ0n) is 7.79. The molecule has 1 aliphatic rings. The molecule has 14 heavy (non-hydrogen) atoms. The van der Waals surface area contributed by atoms with Crippen LogP contribution in [-0.2, 0) is 10.3 Å². The predicted octanol–water partition coefficient (Wildman–Crippen LogP) is 1.05. The fourth-order valence-corrected chi connectivity index (χ4v) is 1.44. The lowest BCUT2D eigenvalue weighted by molar-refractivity contribution is -0.186. The topological polar surface area (TPSA) is 38.7 Å². The Morgan fingerprint density at radius 2 is 2.21 bits per heavy atom. The van der Waals surface area contributed by atoms with E-state index in [4.69, 9.17) is 9.47 Å². The molecule has 0 spiro atoms. The van der Waals surface area contributed by atoms with E-state index in [1.165, 1.54) is 25.3 Å². The molecule has 0 unspecified atom stereocenters. The molecule has 0 amide bonds. The lowest BCUT2D eigenvalue weighted by atomic mass is 9.91. The van der Waals surface area contributed by atoms with Crippen molar-refractivity contribution in [1.29, 1.82) is 0 Å². The molecule has 0 saturated carbocycles. The standard InChI is InChI=1S/C10H11FO3/c1-13-7-2-3-9(11)8(4-7)10(12)5-14-6-10/h2-4,12H,5-6H2,1H3. The highest BCUT2D eigenvalue weighted by Gasteiger charge is 2.40. The van der Waals surface area contributed by atoms with Gasteiger partial charge in [-0.15, -0.1) is 0 Å². The fourth-order valence-electron chi connectivity index (χ4n) is 1.44. The summed E-state index contributed by atoms with van der Waals surface area (Å²) in [6.07, 6.45) is 0. The van der Waals surface area contributed by atoms with E-state index in [9.17, 15) is 9.50 Å². The Labute approximate surface area is 81.1 Å². The van der Waals surface area contributed by atoms with Crippen molar-refractivity contribution in [3.05, 3.63) is 29.6 Å². The van der Waals surface area contributed by atoms with Crippen LogP contribution in [-0.4, -0.2) is 25.4 Å². The largest absolute Gasteiger partial charge is 0.497 e. The van der Waals surface area contributed by atoms with Crippen LogP contribution in [0.3, 0.4) is 0 Å². The number of hydrogen-bond donors (Lipinski definition) is 1. The number of aliphatic hydroxyl groups is 1. The average molecular weight is 198 g/mol. The second-order valence-corrected chi connectivity index (χ2v) is 3.37. The first-order chi connectivity index (χ1) is 6.65. The molecule has 2 rings (SSSR count). The molecule has 1 aromatic rings. The van der Waals surface area contributed by atoms with Crippen LogP contribution in [0.5, 0.6) is 5.75 Å². The summed E-state index contributed by atoms with van der Waals surface area (Å²) >= 11 is 0. The zero-order chi connectivity index (χ0) is 10.2. The Hall–Kier alpha value is -1.13. The molecule has 1 heterocycles. The molecule has 1 N–H and O–H groups in total. The Morgan fingerprint density at radius 1 is 1.50 bits per heavy atom. The number of rotatable bonds is 2. The van der Waals surface area contributed by atoms with Crippen LogP contribution in [0.25, 0.3) is 0 Å². The molecular formula is C10H11FO3. The maximum absolute atomic E-state index is 13.4. The minimum Gasteiger partial charge on any atom is -0.497 e. The van der Waals surface area contributed by atoms with E-state index < -0.39 is 11.4 Å². The first-order valence-electron chi connectivity index (χ1n) is 4.30. The highest BCUT2D eigenvalue weighted by atomic mass is 19.1. The third-order valence-electron chi connectivity index (χ3n) is 2.36. The Balaban J connectivity index is 2.40. The van der Waals surface area contributed by atoms with E-state index in [0.29, 0.717) is 5.75 Å². The second kappa shape index (κ2) is 3.22. The van der Waals surface area contributed by atoms with Crippen LogP contribution >= 0.6 is 0 Å². The van der Waals surface area contributed by atoms with E-state index in [1.807, 2.05) is 0 Å². The summed E-state index contributed by atoms with van der Waals surface area (Å²) < 4.78 is 23.2. The van der Waals surface area contributed by atoms with Gasteiger partial charge in [-0.1, -0.05) is 0 Å². The van der Waals surface area contributed by atoms with Crippen molar-refractivity contribution in [2.24, 2.45) is 0 Å². The quantitative estimate of drug-likeness (QED) is 0.772. The van der Waals surface area contributed by atoms with Crippen molar-refractivity contribution in [1.82, 2.24) is 0 Å². The summed E-state index contributed by atoms with van der Waals surface area (Å²) in [7, 11) is 1.50. The monoisotopic (exact) mass is 198 g/mol. The molecule has 0 bridgehead atoms. The zero-order valence-corrected chi connectivity index (χ0v) is 7.79. The van der Waals surface area contributed by atoms with Crippen LogP contribution < -0.4 is 4.74 Å². The maximum atomic E-state index is 13.4. The molecule has 1 aliphatic heterocycles. The van der Waals surface area contributed by atoms with Gasteiger partial charge < -0.3 is 14.6 Å². The molecule has 0 radical (unpaired) electrons. The van der Waals surface area contributed by atoms with Crippen molar-refractivity contribution >= 4 is 0 Å². The normalized spacial score (nSPS) is 18.8.